The van der Waals surface area contributed by atoms with Crippen molar-refractivity contribution in [3.8, 4) is 5.75 Å². The molecule has 0 saturated carbocycles. The van der Waals surface area contributed by atoms with Gasteiger partial charge in [0.15, 0.2) is 0 Å². The van der Waals surface area contributed by atoms with Gasteiger partial charge < -0.3 is 14.5 Å². The van der Waals surface area contributed by atoms with Crippen molar-refractivity contribution in [3.05, 3.63) is 46.8 Å². The zero-order valence-corrected chi connectivity index (χ0v) is 18.1. The van der Waals surface area contributed by atoms with Crippen LogP contribution in [-0.4, -0.2) is 57.1 Å². The maximum atomic E-state index is 13.0. The second-order valence-electron chi connectivity index (χ2n) is 8.40. The summed E-state index contributed by atoms with van der Waals surface area (Å²) in [7, 11) is 0. The molecule has 3 heterocycles. The first-order valence-corrected chi connectivity index (χ1v) is 10.8. The Kier molecular flexibility index (Phi) is 5.79. The van der Waals surface area contributed by atoms with Crippen molar-refractivity contribution >= 4 is 11.8 Å². The van der Waals surface area contributed by atoms with Crippen LogP contribution in [0.1, 0.15) is 53.5 Å². The molecule has 1 aromatic heterocycles. The average molecular weight is 411 g/mol. The molecule has 4 rings (SSSR count). The van der Waals surface area contributed by atoms with Crippen molar-refractivity contribution in [2.45, 2.75) is 59.2 Å². The summed E-state index contributed by atoms with van der Waals surface area (Å²) in [4.78, 5) is 29.6. The van der Waals surface area contributed by atoms with Gasteiger partial charge in [0.25, 0.3) is 5.91 Å². The van der Waals surface area contributed by atoms with Gasteiger partial charge in [0.05, 0.1) is 11.7 Å². The summed E-state index contributed by atoms with van der Waals surface area (Å²) in [5.41, 5.74) is 3.58. The van der Waals surface area contributed by atoms with E-state index >= 15 is 0 Å². The molecule has 1 aromatic carbocycles. The highest BCUT2D eigenvalue weighted by Gasteiger charge is 2.27. The van der Waals surface area contributed by atoms with Gasteiger partial charge in [-0.05, 0) is 57.9 Å². The molecule has 0 bridgehead atoms. The lowest BCUT2D eigenvalue weighted by molar-refractivity contribution is -0.134. The van der Waals surface area contributed by atoms with E-state index < -0.39 is 0 Å². The number of hydrogen-bond donors (Lipinski definition) is 0. The van der Waals surface area contributed by atoms with Gasteiger partial charge in [0, 0.05) is 49.4 Å². The predicted octanol–water partition coefficient (Wildman–Crippen LogP) is 2.94. The van der Waals surface area contributed by atoms with Gasteiger partial charge in [0.2, 0.25) is 5.91 Å². The SMILES string of the molecule is Cc1cc(C)n(CCC(=O)N2Cc3cc(C(=O)N4CCCC4)ccc3OC[C@@H]2C)n1. The summed E-state index contributed by atoms with van der Waals surface area (Å²) < 4.78 is 7.83. The fourth-order valence-corrected chi connectivity index (χ4v) is 4.30. The molecule has 1 fully saturated rings. The standard InChI is InChI=1S/C23H30N4O3/c1-16-12-17(2)27(24-16)11-8-22(28)26-14-20-13-19(23(29)25-9-4-5-10-25)6-7-21(20)30-15-18(26)3/h6-7,12-13,18H,4-5,8-11,14-15H2,1-3H3/t18-/m0/s1. The van der Waals surface area contributed by atoms with E-state index in [1.807, 2.05) is 59.5 Å². The van der Waals surface area contributed by atoms with Crippen LogP contribution in [0.3, 0.4) is 0 Å². The lowest BCUT2D eigenvalue weighted by atomic mass is 10.1. The van der Waals surface area contributed by atoms with Crippen LogP contribution in [0, 0.1) is 13.8 Å². The van der Waals surface area contributed by atoms with Crippen molar-refractivity contribution in [1.29, 1.82) is 0 Å². The summed E-state index contributed by atoms with van der Waals surface area (Å²) in [5, 5.41) is 4.45. The molecule has 0 radical (unpaired) electrons. The molecule has 160 valence electrons. The molecular weight excluding hydrogens is 380 g/mol. The maximum absolute atomic E-state index is 13.0. The van der Waals surface area contributed by atoms with Gasteiger partial charge in [-0.25, -0.2) is 0 Å². The van der Waals surface area contributed by atoms with Crippen LogP contribution in [0.2, 0.25) is 0 Å². The van der Waals surface area contributed by atoms with E-state index in [1.165, 1.54) is 0 Å². The first-order valence-electron chi connectivity index (χ1n) is 10.8. The summed E-state index contributed by atoms with van der Waals surface area (Å²) in [6.45, 7) is 9.05. The number of aryl methyl sites for hydroxylation is 3. The number of benzene rings is 1. The molecule has 1 saturated heterocycles. The molecular formula is C23H30N4O3. The maximum Gasteiger partial charge on any atom is 0.253 e. The van der Waals surface area contributed by atoms with Gasteiger partial charge in [-0.1, -0.05) is 0 Å². The lowest BCUT2D eigenvalue weighted by Gasteiger charge is -2.26. The Morgan fingerprint density at radius 2 is 1.93 bits per heavy atom. The molecule has 2 aliphatic rings. The van der Waals surface area contributed by atoms with Gasteiger partial charge in [0.1, 0.15) is 12.4 Å². The third-order valence-electron chi connectivity index (χ3n) is 6.01. The first-order chi connectivity index (χ1) is 14.4. The highest BCUT2D eigenvalue weighted by molar-refractivity contribution is 5.94. The van der Waals surface area contributed by atoms with Crippen LogP contribution in [-0.2, 0) is 17.9 Å². The minimum absolute atomic E-state index is 0.0388. The van der Waals surface area contributed by atoms with E-state index in [4.69, 9.17) is 4.74 Å². The minimum Gasteiger partial charge on any atom is -0.491 e. The number of hydrogen-bond acceptors (Lipinski definition) is 4. The number of carbonyl (C=O) groups is 2. The smallest absolute Gasteiger partial charge is 0.253 e. The molecule has 2 aromatic rings. The Hall–Kier alpha value is -2.83. The van der Waals surface area contributed by atoms with Crippen LogP contribution in [0.15, 0.2) is 24.3 Å². The van der Waals surface area contributed by atoms with Gasteiger partial charge in [-0.15, -0.1) is 0 Å². The molecule has 30 heavy (non-hydrogen) atoms. The van der Waals surface area contributed by atoms with Crippen molar-refractivity contribution in [3.63, 3.8) is 0 Å². The molecule has 2 amide bonds. The molecule has 0 spiro atoms. The number of nitrogens with zero attached hydrogens (tertiary/aromatic N) is 4. The third kappa shape index (κ3) is 4.20. The lowest BCUT2D eigenvalue weighted by Crippen LogP contribution is -2.40. The Morgan fingerprint density at radius 1 is 1.17 bits per heavy atom. The van der Waals surface area contributed by atoms with Crippen molar-refractivity contribution in [2.24, 2.45) is 0 Å². The molecule has 7 heteroatoms. The summed E-state index contributed by atoms with van der Waals surface area (Å²) in [6, 6.07) is 7.58. The van der Waals surface area contributed by atoms with E-state index in [1.54, 1.807) is 0 Å². The second kappa shape index (κ2) is 8.50. The highest BCUT2D eigenvalue weighted by atomic mass is 16.5. The van der Waals surface area contributed by atoms with Gasteiger partial charge in [-0.2, -0.15) is 5.10 Å². The Bertz CT molecular complexity index is 946. The fourth-order valence-electron chi connectivity index (χ4n) is 4.30. The normalized spacial score (nSPS) is 18.7. The van der Waals surface area contributed by atoms with E-state index in [9.17, 15) is 9.59 Å². The van der Waals surface area contributed by atoms with Crippen LogP contribution in [0.25, 0.3) is 0 Å². The monoisotopic (exact) mass is 410 g/mol. The van der Waals surface area contributed by atoms with E-state index in [0.717, 1.165) is 48.6 Å². The number of amides is 2. The molecule has 0 N–H and O–H groups in total. The van der Waals surface area contributed by atoms with Crippen LogP contribution < -0.4 is 4.74 Å². The Balaban J connectivity index is 1.49. The second-order valence-corrected chi connectivity index (χ2v) is 8.40. The van der Waals surface area contributed by atoms with Crippen LogP contribution in [0.5, 0.6) is 5.75 Å². The molecule has 2 aliphatic heterocycles. The zero-order chi connectivity index (χ0) is 21.3. The number of carbonyl (C=O) groups excluding carboxylic acids is 2. The van der Waals surface area contributed by atoms with Crippen LogP contribution in [0.4, 0.5) is 0 Å². The number of rotatable bonds is 4. The summed E-state index contributed by atoms with van der Waals surface area (Å²) in [5.74, 6) is 0.895. The molecule has 0 unspecified atom stereocenters. The molecule has 1 atom stereocenters. The fraction of sp³-hybridized carbons (Fsp3) is 0.522. The van der Waals surface area contributed by atoms with E-state index in [0.29, 0.717) is 31.7 Å². The summed E-state index contributed by atoms with van der Waals surface area (Å²) in [6.07, 6.45) is 2.51. The number of aromatic nitrogens is 2. The first kappa shape index (κ1) is 20.4. The predicted molar refractivity (Wildman–Crippen MR) is 113 cm³/mol. The topological polar surface area (TPSA) is 67.7 Å². The third-order valence-corrected chi connectivity index (χ3v) is 6.01. The Labute approximate surface area is 177 Å². The number of ether oxygens (including phenoxy) is 1. The average Bonchev–Trinajstić information content (AvgIpc) is 3.33. The van der Waals surface area contributed by atoms with Crippen molar-refractivity contribution < 1.29 is 14.3 Å². The largest absolute Gasteiger partial charge is 0.491 e. The minimum atomic E-state index is -0.0388. The quantitative estimate of drug-likeness (QED) is 0.777. The number of fused-ring (bicyclic) bond motifs is 1. The van der Waals surface area contributed by atoms with Gasteiger partial charge in [-0.3, -0.25) is 14.3 Å². The van der Waals surface area contributed by atoms with Crippen molar-refractivity contribution in [1.82, 2.24) is 19.6 Å². The van der Waals surface area contributed by atoms with Crippen LogP contribution >= 0.6 is 0 Å². The number of likely N-dealkylation sites (tertiary alicyclic amines) is 1. The Morgan fingerprint density at radius 3 is 2.63 bits per heavy atom. The van der Waals surface area contributed by atoms with E-state index in [2.05, 4.69) is 5.10 Å². The molecule has 0 aliphatic carbocycles. The highest BCUT2D eigenvalue weighted by Crippen LogP contribution is 2.28. The van der Waals surface area contributed by atoms with E-state index in [-0.39, 0.29) is 17.9 Å². The summed E-state index contributed by atoms with van der Waals surface area (Å²) >= 11 is 0. The molecule has 7 nitrogen and oxygen atoms in total. The van der Waals surface area contributed by atoms with Gasteiger partial charge >= 0.3 is 0 Å². The zero-order valence-electron chi connectivity index (χ0n) is 18.1. The van der Waals surface area contributed by atoms with Crippen molar-refractivity contribution in [2.75, 3.05) is 19.7 Å².